The molecule has 5 rings (SSSR count). The smallest absolute Gasteiger partial charge is 0.266 e. The summed E-state index contributed by atoms with van der Waals surface area (Å²) in [4.78, 5) is 15.2. The molecule has 0 bridgehead atoms. The van der Waals surface area contributed by atoms with Crippen LogP contribution in [0.2, 0.25) is 0 Å². The van der Waals surface area contributed by atoms with Gasteiger partial charge in [-0.2, -0.15) is 8.42 Å². The second-order valence-corrected chi connectivity index (χ2v) is 16.9. The Morgan fingerprint density at radius 1 is 0.976 bits per heavy atom. The molecule has 242 valence electrons. The summed E-state index contributed by atoms with van der Waals surface area (Å²) in [6, 6.07) is -0.0441. The van der Waals surface area contributed by atoms with Gasteiger partial charge in [-0.05, 0) is 116 Å². The van der Waals surface area contributed by atoms with Gasteiger partial charge >= 0.3 is 0 Å². The van der Waals surface area contributed by atoms with Crippen molar-refractivity contribution in [3.8, 4) is 0 Å². The van der Waals surface area contributed by atoms with Gasteiger partial charge < -0.3 is 19.8 Å². The SMILES string of the molecule is CC[C@H]1[C@@H](O)[C@@H]2[C@H](CC[C@]3(C)[C@@H]([C@H](C)CCC(=O)N(CCS(=O)(=O)O)C4CCOCC4)CC[C@@H]23)[C@@]2(C)CC[C@@H](O)C[C@@H]12. The lowest BCUT2D eigenvalue weighted by Crippen LogP contribution is -2.62. The molecule has 3 N–H and O–H groups in total. The Morgan fingerprint density at radius 3 is 2.31 bits per heavy atom. The average molecular weight is 612 g/mol. The van der Waals surface area contributed by atoms with Crippen molar-refractivity contribution in [2.45, 2.75) is 123 Å². The number of carbonyl (C=O) groups is 1. The fraction of sp³-hybridized carbons (Fsp3) is 0.970. The molecule has 1 aliphatic heterocycles. The molecular formula is C33H57NO7S. The van der Waals surface area contributed by atoms with Crippen molar-refractivity contribution in [2.24, 2.45) is 52.3 Å². The molecule has 0 aromatic carbocycles. The van der Waals surface area contributed by atoms with E-state index in [0.717, 1.165) is 51.4 Å². The van der Waals surface area contributed by atoms with E-state index in [1.165, 1.54) is 6.42 Å². The molecule has 42 heavy (non-hydrogen) atoms. The molecule has 1 amide bonds. The van der Waals surface area contributed by atoms with Gasteiger partial charge in [-0.3, -0.25) is 9.35 Å². The summed E-state index contributed by atoms with van der Waals surface area (Å²) in [5.74, 6) is 2.36. The van der Waals surface area contributed by atoms with Crippen LogP contribution >= 0.6 is 0 Å². The van der Waals surface area contributed by atoms with E-state index in [0.29, 0.717) is 68.0 Å². The van der Waals surface area contributed by atoms with Crippen LogP contribution in [-0.4, -0.2) is 77.8 Å². The first-order chi connectivity index (χ1) is 19.8. The third-order valence-corrected chi connectivity index (χ3v) is 14.2. The number of ether oxygens (including phenoxy) is 1. The molecule has 11 atom stereocenters. The third kappa shape index (κ3) is 6.08. The monoisotopic (exact) mass is 611 g/mol. The lowest BCUT2D eigenvalue weighted by Gasteiger charge is -2.64. The zero-order chi connectivity index (χ0) is 30.4. The number of nitrogens with zero attached hydrogens (tertiary/aromatic N) is 1. The van der Waals surface area contributed by atoms with Crippen molar-refractivity contribution in [3.05, 3.63) is 0 Å². The van der Waals surface area contributed by atoms with Gasteiger partial charge in [0.1, 0.15) is 0 Å². The molecule has 1 saturated heterocycles. The first-order valence-electron chi connectivity index (χ1n) is 17.0. The van der Waals surface area contributed by atoms with E-state index in [1.807, 2.05) is 0 Å². The molecule has 0 spiro atoms. The molecule has 0 unspecified atom stereocenters. The lowest BCUT2D eigenvalue weighted by molar-refractivity contribution is -0.203. The second-order valence-electron chi connectivity index (χ2n) is 15.4. The van der Waals surface area contributed by atoms with Crippen LogP contribution < -0.4 is 0 Å². The second kappa shape index (κ2) is 12.6. The molecule has 9 heteroatoms. The van der Waals surface area contributed by atoms with E-state index in [4.69, 9.17) is 4.74 Å². The summed E-state index contributed by atoms with van der Waals surface area (Å²) in [5.41, 5.74) is 0.336. The minimum Gasteiger partial charge on any atom is -0.393 e. The van der Waals surface area contributed by atoms with E-state index >= 15 is 0 Å². The van der Waals surface area contributed by atoms with Crippen LogP contribution in [0, 0.1) is 52.3 Å². The highest BCUT2D eigenvalue weighted by atomic mass is 32.2. The summed E-state index contributed by atoms with van der Waals surface area (Å²) < 4.78 is 37.8. The van der Waals surface area contributed by atoms with Gasteiger partial charge in [0.05, 0.1) is 18.0 Å². The number of hydrogen-bond donors (Lipinski definition) is 3. The Morgan fingerprint density at radius 2 is 1.64 bits per heavy atom. The summed E-state index contributed by atoms with van der Waals surface area (Å²) in [5, 5.41) is 22.5. The van der Waals surface area contributed by atoms with Gasteiger partial charge in [0.25, 0.3) is 10.1 Å². The van der Waals surface area contributed by atoms with Gasteiger partial charge in [0, 0.05) is 32.2 Å². The number of amides is 1. The van der Waals surface area contributed by atoms with Crippen LogP contribution in [0.3, 0.4) is 0 Å². The topological polar surface area (TPSA) is 124 Å². The average Bonchev–Trinajstić information content (AvgIpc) is 3.30. The Labute approximate surface area is 254 Å². The fourth-order valence-electron chi connectivity index (χ4n) is 11.3. The Balaban J connectivity index is 1.27. The van der Waals surface area contributed by atoms with E-state index in [-0.39, 0.29) is 47.4 Å². The van der Waals surface area contributed by atoms with Crippen LogP contribution in [0.15, 0.2) is 0 Å². The largest absolute Gasteiger partial charge is 0.393 e. The highest BCUT2D eigenvalue weighted by Gasteiger charge is 2.64. The maximum Gasteiger partial charge on any atom is 0.266 e. The normalized spacial score (nSPS) is 43.2. The van der Waals surface area contributed by atoms with Gasteiger partial charge in [-0.25, -0.2) is 0 Å². The number of rotatable bonds is 9. The first kappa shape index (κ1) is 32.6. The number of aliphatic hydroxyl groups excluding tert-OH is 2. The zero-order valence-corrected chi connectivity index (χ0v) is 27.2. The highest BCUT2D eigenvalue weighted by molar-refractivity contribution is 7.85. The van der Waals surface area contributed by atoms with Crippen molar-refractivity contribution in [1.29, 1.82) is 0 Å². The standard InChI is InChI=1S/C33H57NO7S/c1-5-24-28-20-23(35)10-14-33(28,4)27-11-15-32(3)25(7-8-26(32)30(27)31(24)37)21(2)6-9-29(36)34(16-19-42(38,39)40)22-12-17-41-18-13-22/h21-28,30-31,35,37H,5-20H2,1-4H3,(H,38,39,40)/t21-,23-,24-,25-,26+,27+,28+,30+,31-,32-,33-/m1/s1. The summed E-state index contributed by atoms with van der Waals surface area (Å²) in [7, 11) is -4.15. The maximum atomic E-state index is 13.5. The highest BCUT2D eigenvalue weighted by Crippen LogP contribution is 2.69. The molecule has 4 saturated carbocycles. The molecule has 0 aromatic rings. The van der Waals surface area contributed by atoms with Crippen LogP contribution in [0.5, 0.6) is 0 Å². The van der Waals surface area contributed by atoms with Gasteiger partial charge in [0.15, 0.2) is 0 Å². The van der Waals surface area contributed by atoms with Gasteiger partial charge in [-0.15, -0.1) is 0 Å². The zero-order valence-electron chi connectivity index (χ0n) is 26.4. The molecule has 4 aliphatic carbocycles. The quantitative estimate of drug-likeness (QED) is 0.316. The molecule has 8 nitrogen and oxygen atoms in total. The van der Waals surface area contributed by atoms with Crippen molar-refractivity contribution >= 4 is 16.0 Å². The van der Waals surface area contributed by atoms with Crippen LogP contribution in [0.4, 0.5) is 0 Å². The van der Waals surface area contributed by atoms with E-state index in [9.17, 15) is 28.0 Å². The summed E-state index contributed by atoms with van der Waals surface area (Å²) in [6.07, 6.45) is 10.3. The number of carbonyl (C=O) groups excluding carboxylic acids is 1. The van der Waals surface area contributed by atoms with E-state index in [2.05, 4.69) is 27.7 Å². The minimum absolute atomic E-state index is 0.0206. The third-order valence-electron chi connectivity index (χ3n) is 13.5. The summed E-state index contributed by atoms with van der Waals surface area (Å²) in [6.45, 7) is 10.6. The van der Waals surface area contributed by atoms with Crippen molar-refractivity contribution in [3.63, 3.8) is 0 Å². The van der Waals surface area contributed by atoms with Gasteiger partial charge in [-0.1, -0.05) is 34.1 Å². The lowest BCUT2D eigenvalue weighted by atomic mass is 9.41. The van der Waals surface area contributed by atoms with E-state index in [1.54, 1.807) is 4.90 Å². The summed E-state index contributed by atoms with van der Waals surface area (Å²) >= 11 is 0. The minimum atomic E-state index is -4.15. The van der Waals surface area contributed by atoms with Crippen molar-refractivity contribution < 1.29 is 32.7 Å². The molecule has 0 radical (unpaired) electrons. The predicted molar refractivity (Wildman–Crippen MR) is 162 cm³/mol. The molecule has 1 heterocycles. The Bertz CT molecular complexity index is 1060. The van der Waals surface area contributed by atoms with E-state index < -0.39 is 15.9 Å². The van der Waals surface area contributed by atoms with Crippen LogP contribution in [0.25, 0.3) is 0 Å². The van der Waals surface area contributed by atoms with Crippen molar-refractivity contribution in [2.75, 3.05) is 25.5 Å². The maximum absolute atomic E-state index is 13.5. The van der Waals surface area contributed by atoms with Crippen LogP contribution in [0.1, 0.15) is 105 Å². The number of fused-ring (bicyclic) bond motifs is 5. The predicted octanol–water partition coefficient (Wildman–Crippen LogP) is 4.92. The Kier molecular flexibility index (Phi) is 9.77. The van der Waals surface area contributed by atoms with Crippen LogP contribution in [-0.2, 0) is 19.6 Å². The fourth-order valence-corrected chi connectivity index (χ4v) is 11.8. The Hall–Kier alpha value is -0.740. The number of aliphatic hydroxyl groups is 2. The molecule has 5 aliphatic rings. The molecule has 5 fully saturated rings. The first-order valence-corrected chi connectivity index (χ1v) is 18.6. The van der Waals surface area contributed by atoms with Gasteiger partial charge in [0.2, 0.25) is 5.91 Å². The molecule has 0 aromatic heterocycles. The number of hydrogen-bond acceptors (Lipinski definition) is 6. The van der Waals surface area contributed by atoms with Crippen molar-refractivity contribution in [1.82, 2.24) is 4.90 Å². The molecular weight excluding hydrogens is 554 g/mol.